The lowest BCUT2D eigenvalue weighted by atomic mass is 10.2. The van der Waals surface area contributed by atoms with Crippen molar-refractivity contribution in [2.45, 2.75) is 17.2 Å². The summed E-state index contributed by atoms with van der Waals surface area (Å²) < 4.78 is 6.89. The van der Waals surface area contributed by atoms with E-state index in [-0.39, 0.29) is 5.97 Å². The van der Waals surface area contributed by atoms with Gasteiger partial charge in [0, 0.05) is 21.7 Å². The predicted octanol–water partition coefficient (Wildman–Crippen LogP) is 7.87. The highest BCUT2D eigenvalue weighted by Gasteiger charge is 2.47. The number of nitrogens with zero attached hydrogens (tertiary/aromatic N) is 1. The Morgan fingerprint density at radius 3 is 1.88 bits per heavy atom. The first-order chi connectivity index (χ1) is 19.6. The van der Waals surface area contributed by atoms with Gasteiger partial charge in [-0.25, -0.2) is 9.78 Å². The predicted molar refractivity (Wildman–Crippen MR) is 173 cm³/mol. The normalized spacial score (nSPS) is 11.3. The SMILES string of the molecule is O=C(C[P+](c1ccccc1)(c1ccccc1)c1ccccc1)OCCCCSc1nc(-c2ccc(Cl)cc2)cs1. The van der Waals surface area contributed by atoms with Crippen LogP contribution in [-0.4, -0.2) is 29.5 Å². The summed E-state index contributed by atoms with van der Waals surface area (Å²) in [6.07, 6.45) is 2.11. The number of aromatic nitrogens is 1. The van der Waals surface area contributed by atoms with Gasteiger partial charge in [-0.15, -0.1) is 11.3 Å². The summed E-state index contributed by atoms with van der Waals surface area (Å²) in [5.41, 5.74) is 2.04. The molecule has 0 unspecified atom stereocenters. The van der Waals surface area contributed by atoms with Crippen LogP contribution < -0.4 is 15.9 Å². The molecule has 0 bridgehead atoms. The van der Waals surface area contributed by atoms with Gasteiger partial charge >= 0.3 is 5.97 Å². The van der Waals surface area contributed by atoms with Gasteiger partial charge < -0.3 is 4.74 Å². The highest BCUT2D eigenvalue weighted by atomic mass is 35.5. The highest BCUT2D eigenvalue weighted by Crippen LogP contribution is 2.55. The number of halogens is 1. The van der Waals surface area contributed by atoms with Crippen LogP contribution in [0.3, 0.4) is 0 Å². The van der Waals surface area contributed by atoms with Gasteiger partial charge in [0.1, 0.15) is 23.2 Å². The van der Waals surface area contributed by atoms with Gasteiger partial charge in [0.2, 0.25) is 0 Å². The fourth-order valence-electron chi connectivity index (χ4n) is 4.63. The zero-order chi connectivity index (χ0) is 27.6. The van der Waals surface area contributed by atoms with Crippen molar-refractivity contribution in [1.29, 1.82) is 0 Å². The molecule has 0 atom stereocenters. The first kappa shape index (κ1) is 28.6. The van der Waals surface area contributed by atoms with Crippen LogP contribution in [0.25, 0.3) is 11.3 Å². The molecule has 3 nitrogen and oxygen atoms in total. The molecule has 0 saturated carbocycles. The van der Waals surface area contributed by atoms with E-state index in [0.717, 1.165) is 39.2 Å². The highest BCUT2D eigenvalue weighted by molar-refractivity contribution is 8.01. The number of unbranched alkanes of at least 4 members (excludes halogenated alkanes) is 1. The van der Waals surface area contributed by atoms with Crippen molar-refractivity contribution in [3.8, 4) is 11.3 Å². The van der Waals surface area contributed by atoms with E-state index in [9.17, 15) is 4.79 Å². The zero-order valence-electron chi connectivity index (χ0n) is 22.0. The van der Waals surface area contributed by atoms with Crippen molar-refractivity contribution in [1.82, 2.24) is 4.98 Å². The number of benzene rings is 4. The van der Waals surface area contributed by atoms with Gasteiger partial charge in [-0.05, 0) is 61.4 Å². The maximum absolute atomic E-state index is 13.4. The number of carbonyl (C=O) groups excluding carboxylic acids is 1. The van der Waals surface area contributed by atoms with Gasteiger partial charge in [-0.3, -0.25) is 0 Å². The second kappa shape index (κ2) is 14.1. The summed E-state index contributed by atoms with van der Waals surface area (Å²) in [6, 6.07) is 39.0. The van der Waals surface area contributed by atoms with Gasteiger partial charge in [0.25, 0.3) is 0 Å². The Balaban J connectivity index is 1.19. The number of carbonyl (C=O) groups is 1. The molecule has 0 spiro atoms. The smallest absolute Gasteiger partial charge is 0.345 e. The first-order valence-electron chi connectivity index (χ1n) is 13.2. The Kier molecular flexibility index (Phi) is 10.1. The van der Waals surface area contributed by atoms with E-state index in [1.807, 2.05) is 42.5 Å². The molecule has 40 heavy (non-hydrogen) atoms. The Bertz CT molecular complexity index is 1400. The zero-order valence-corrected chi connectivity index (χ0v) is 25.3. The number of thiazole rings is 1. The monoisotopic (exact) mass is 602 g/mol. The molecule has 0 radical (unpaired) electrons. The molecule has 202 valence electrons. The lowest BCUT2D eigenvalue weighted by Gasteiger charge is -2.26. The second-order valence-electron chi connectivity index (χ2n) is 9.26. The molecule has 7 heteroatoms. The molecule has 0 amide bonds. The molecule has 4 aromatic carbocycles. The van der Waals surface area contributed by atoms with Crippen molar-refractivity contribution in [2.75, 3.05) is 18.5 Å². The van der Waals surface area contributed by atoms with Gasteiger partial charge in [0.15, 0.2) is 10.5 Å². The quantitative estimate of drug-likeness (QED) is 0.0630. The number of hydrogen-bond acceptors (Lipinski definition) is 5. The van der Waals surface area contributed by atoms with Crippen molar-refractivity contribution in [2.24, 2.45) is 0 Å². The van der Waals surface area contributed by atoms with E-state index in [0.29, 0.717) is 12.8 Å². The average molecular weight is 603 g/mol. The molecule has 0 aliphatic carbocycles. The van der Waals surface area contributed by atoms with Gasteiger partial charge in [-0.2, -0.15) is 0 Å². The van der Waals surface area contributed by atoms with E-state index in [1.165, 1.54) is 15.9 Å². The minimum absolute atomic E-state index is 0.148. The van der Waals surface area contributed by atoms with Crippen molar-refractivity contribution in [3.63, 3.8) is 0 Å². The van der Waals surface area contributed by atoms with Crippen LogP contribution in [0.4, 0.5) is 0 Å². The summed E-state index contributed by atoms with van der Waals surface area (Å²) in [6.45, 7) is 0.422. The summed E-state index contributed by atoms with van der Waals surface area (Å²) >= 11 is 9.40. The van der Waals surface area contributed by atoms with Crippen LogP contribution in [0, 0.1) is 0 Å². The molecule has 0 N–H and O–H groups in total. The van der Waals surface area contributed by atoms with Crippen LogP contribution >= 0.6 is 42.0 Å². The van der Waals surface area contributed by atoms with Crippen LogP contribution in [0.5, 0.6) is 0 Å². The minimum Gasteiger partial charge on any atom is -0.463 e. The first-order valence-corrected chi connectivity index (χ1v) is 17.4. The van der Waals surface area contributed by atoms with Crippen molar-refractivity contribution < 1.29 is 9.53 Å². The Morgan fingerprint density at radius 2 is 1.32 bits per heavy atom. The summed E-state index contributed by atoms with van der Waals surface area (Å²) in [5, 5.41) is 6.35. The summed E-state index contributed by atoms with van der Waals surface area (Å²) in [5.74, 6) is 0.783. The average Bonchev–Trinajstić information content (AvgIpc) is 3.48. The van der Waals surface area contributed by atoms with E-state index in [1.54, 1.807) is 23.1 Å². The topological polar surface area (TPSA) is 39.2 Å². The third kappa shape index (κ3) is 7.03. The summed E-state index contributed by atoms with van der Waals surface area (Å²) in [4.78, 5) is 18.1. The number of hydrogen-bond donors (Lipinski definition) is 0. The number of ether oxygens (including phenoxy) is 1. The molecule has 0 aliphatic rings. The maximum atomic E-state index is 13.4. The lowest BCUT2D eigenvalue weighted by molar-refractivity contribution is -0.140. The lowest BCUT2D eigenvalue weighted by Crippen LogP contribution is -2.36. The molecule has 5 aromatic rings. The van der Waals surface area contributed by atoms with E-state index in [4.69, 9.17) is 21.3 Å². The van der Waals surface area contributed by atoms with E-state index >= 15 is 0 Å². The third-order valence-electron chi connectivity index (χ3n) is 6.61. The van der Waals surface area contributed by atoms with Crippen LogP contribution in [0.1, 0.15) is 12.8 Å². The maximum Gasteiger partial charge on any atom is 0.345 e. The molecule has 0 saturated heterocycles. The molecule has 5 rings (SSSR count). The molecular weight excluding hydrogens is 573 g/mol. The minimum atomic E-state index is -2.23. The fourth-order valence-corrected chi connectivity index (χ4v) is 10.6. The van der Waals surface area contributed by atoms with Crippen LogP contribution in [-0.2, 0) is 9.53 Å². The van der Waals surface area contributed by atoms with Crippen LogP contribution in [0.2, 0.25) is 5.02 Å². The standard InChI is InChI=1S/C33H30ClNO2PS2/c34-27-20-18-26(19-21-27)31-25-40-33(35-31)39-23-11-10-22-37-32(36)24-38(28-12-4-1-5-13-28,29-14-6-2-7-15-29)30-16-8-3-9-17-30/h1-9,12-21,25H,10-11,22-24H2/q+1. The summed E-state index contributed by atoms with van der Waals surface area (Å²) in [7, 11) is -2.23. The molecule has 1 heterocycles. The number of thioether (sulfide) groups is 1. The fraction of sp³-hybridized carbons (Fsp3) is 0.152. The Hall–Kier alpha value is -2.95. The van der Waals surface area contributed by atoms with Gasteiger partial charge in [-0.1, -0.05) is 90.1 Å². The number of rotatable bonds is 12. The van der Waals surface area contributed by atoms with Crippen LogP contribution in [0.15, 0.2) is 125 Å². The van der Waals surface area contributed by atoms with Gasteiger partial charge in [0.05, 0.1) is 12.3 Å². The van der Waals surface area contributed by atoms with Crippen molar-refractivity contribution in [3.05, 3.63) is 126 Å². The molecular formula is C33H30ClNO2PS2+. The largest absolute Gasteiger partial charge is 0.463 e. The second-order valence-corrected chi connectivity index (χ2v) is 15.4. The molecule has 0 fully saturated rings. The molecule has 0 aliphatic heterocycles. The number of esters is 1. The Morgan fingerprint density at radius 1 is 0.775 bits per heavy atom. The van der Waals surface area contributed by atoms with E-state index < -0.39 is 7.26 Å². The third-order valence-corrected chi connectivity index (χ3v) is 13.2. The molecule has 1 aromatic heterocycles. The van der Waals surface area contributed by atoms with E-state index in [2.05, 4.69) is 78.2 Å². The van der Waals surface area contributed by atoms with Crippen molar-refractivity contribution >= 4 is 63.8 Å². The Labute approximate surface area is 249 Å².